The minimum absolute atomic E-state index is 0.142. The third-order valence-electron chi connectivity index (χ3n) is 3.32. The van der Waals surface area contributed by atoms with E-state index in [-0.39, 0.29) is 5.92 Å². The predicted molar refractivity (Wildman–Crippen MR) is 61.1 cm³/mol. The summed E-state index contributed by atoms with van der Waals surface area (Å²) in [6.07, 6.45) is 6.74. The van der Waals surface area contributed by atoms with Crippen molar-refractivity contribution in [3.63, 3.8) is 0 Å². The van der Waals surface area contributed by atoms with Gasteiger partial charge in [-0.25, -0.2) is 4.79 Å². The van der Waals surface area contributed by atoms with Crippen LogP contribution in [-0.4, -0.2) is 35.0 Å². The highest BCUT2D eigenvalue weighted by Crippen LogP contribution is 2.28. The molecule has 16 heavy (non-hydrogen) atoms. The van der Waals surface area contributed by atoms with Gasteiger partial charge in [-0.2, -0.15) is 0 Å². The molecule has 4 heteroatoms. The van der Waals surface area contributed by atoms with E-state index in [4.69, 9.17) is 0 Å². The summed E-state index contributed by atoms with van der Waals surface area (Å²) in [5.41, 5.74) is 0. The fraction of sp³-hybridized carbons (Fsp3) is 0.833. The van der Waals surface area contributed by atoms with Gasteiger partial charge in [-0.05, 0) is 25.2 Å². The molecule has 0 bridgehead atoms. The number of carbonyl (C=O) groups excluding carboxylic acids is 1. The Balaban J connectivity index is 2.70. The number of aliphatic carboxylic acids is 1. The van der Waals surface area contributed by atoms with Crippen molar-refractivity contribution in [1.82, 2.24) is 4.90 Å². The average Bonchev–Trinajstić information content (AvgIpc) is 2.29. The molecular formula is C12H21NO3. The van der Waals surface area contributed by atoms with E-state index < -0.39 is 12.0 Å². The van der Waals surface area contributed by atoms with Crippen LogP contribution in [0.15, 0.2) is 0 Å². The molecule has 0 radical (unpaired) electrons. The van der Waals surface area contributed by atoms with Crippen LogP contribution in [0.25, 0.3) is 0 Å². The van der Waals surface area contributed by atoms with Crippen LogP contribution in [0.5, 0.6) is 0 Å². The Kier molecular flexibility index (Phi) is 5.29. The van der Waals surface area contributed by atoms with Crippen LogP contribution in [0.3, 0.4) is 0 Å². The van der Waals surface area contributed by atoms with E-state index in [1.807, 2.05) is 6.92 Å². The number of carboxylic acids is 1. The summed E-state index contributed by atoms with van der Waals surface area (Å²) in [6.45, 7) is 2.49. The monoisotopic (exact) mass is 227 g/mol. The van der Waals surface area contributed by atoms with Gasteiger partial charge in [0.25, 0.3) is 0 Å². The van der Waals surface area contributed by atoms with Crippen LogP contribution in [0, 0.1) is 5.92 Å². The standard InChI is InChI=1S/C12H21NO3/c1-2-8-13(9-14)11(12(15)16)10-6-4-3-5-7-10/h9-11H,2-8H2,1H3,(H,15,16). The first-order valence-electron chi connectivity index (χ1n) is 6.14. The largest absolute Gasteiger partial charge is 0.480 e. The predicted octanol–water partition coefficient (Wildman–Crippen LogP) is 1.89. The van der Waals surface area contributed by atoms with Crippen LogP contribution >= 0.6 is 0 Å². The summed E-state index contributed by atoms with van der Waals surface area (Å²) < 4.78 is 0. The van der Waals surface area contributed by atoms with Gasteiger partial charge in [0, 0.05) is 6.54 Å². The molecule has 1 amide bonds. The molecule has 1 N–H and O–H groups in total. The lowest BCUT2D eigenvalue weighted by atomic mass is 9.83. The van der Waals surface area contributed by atoms with Crippen molar-refractivity contribution >= 4 is 12.4 Å². The summed E-state index contributed by atoms with van der Waals surface area (Å²) in [5.74, 6) is -0.713. The topological polar surface area (TPSA) is 57.6 Å². The number of nitrogens with zero attached hydrogens (tertiary/aromatic N) is 1. The second kappa shape index (κ2) is 6.51. The van der Waals surface area contributed by atoms with E-state index in [1.165, 1.54) is 11.3 Å². The van der Waals surface area contributed by atoms with Crippen molar-refractivity contribution in [1.29, 1.82) is 0 Å². The normalized spacial score (nSPS) is 19.1. The first kappa shape index (κ1) is 13.0. The Labute approximate surface area is 96.6 Å². The van der Waals surface area contributed by atoms with E-state index in [2.05, 4.69) is 0 Å². The molecule has 0 aromatic carbocycles. The van der Waals surface area contributed by atoms with Gasteiger partial charge in [-0.1, -0.05) is 26.2 Å². The first-order valence-corrected chi connectivity index (χ1v) is 6.14. The highest BCUT2D eigenvalue weighted by Gasteiger charge is 2.33. The van der Waals surface area contributed by atoms with Gasteiger partial charge in [0.1, 0.15) is 6.04 Å². The molecule has 0 aromatic rings. The van der Waals surface area contributed by atoms with Crippen molar-refractivity contribution in [2.75, 3.05) is 6.54 Å². The molecule has 1 saturated carbocycles. The van der Waals surface area contributed by atoms with Crippen molar-refractivity contribution in [2.45, 2.75) is 51.5 Å². The van der Waals surface area contributed by atoms with Gasteiger partial charge in [-0.3, -0.25) is 4.79 Å². The Bertz CT molecular complexity index is 236. The number of carboxylic acid groups (broad SMARTS) is 1. The molecule has 0 aliphatic heterocycles. The lowest BCUT2D eigenvalue weighted by molar-refractivity contribution is -0.149. The van der Waals surface area contributed by atoms with E-state index in [0.29, 0.717) is 13.0 Å². The van der Waals surface area contributed by atoms with Gasteiger partial charge in [-0.15, -0.1) is 0 Å². The minimum atomic E-state index is -0.854. The quantitative estimate of drug-likeness (QED) is 0.705. The van der Waals surface area contributed by atoms with Crippen molar-refractivity contribution in [3.8, 4) is 0 Å². The van der Waals surface area contributed by atoms with Gasteiger partial charge in [0.05, 0.1) is 0 Å². The van der Waals surface area contributed by atoms with Gasteiger partial charge < -0.3 is 10.0 Å². The maximum absolute atomic E-state index is 11.3. The van der Waals surface area contributed by atoms with Crippen molar-refractivity contribution < 1.29 is 14.7 Å². The molecule has 1 rings (SSSR count). The molecule has 1 aliphatic carbocycles. The zero-order valence-electron chi connectivity index (χ0n) is 9.89. The Morgan fingerprint density at radius 3 is 2.50 bits per heavy atom. The molecule has 1 atom stereocenters. The average molecular weight is 227 g/mol. The summed E-state index contributed by atoms with van der Waals surface area (Å²) >= 11 is 0. The molecule has 92 valence electrons. The third-order valence-corrected chi connectivity index (χ3v) is 3.32. The van der Waals surface area contributed by atoms with Crippen LogP contribution in [-0.2, 0) is 9.59 Å². The molecule has 0 aromatic heterocycles. The molecule has 1 unspecified atom stereocenters. The van der Waals surface area contributed by atoms with Crippen molar-refractivity contribution in [2.24, 2.45) is 5.92 Å². The van der Waals surface area contributed by atoms with Gasteiger partial charge in [0.15, 0.2) is 0 Å². The number of amides is 1. The van der Waals surface area contributed by atoms with E-state index in [0.717, 1.165) is 32.1 Å². The van der Waals surface area contributed by atoms with Crippen LogP contribution in [0.2, 0.25) is 0 Å². The van der Waals surface area contributed by atoms with Crippen molar-refractivity contribution in [3.05, 3.63) is 0 Å². The fourth-order valence-corrected chi connectivity index (χ4v) is 2.58. The van der Waals surface area contributed by atoms with E-state index in [1.54, 1.807) is 0 Å². The van der Waals surface area contributed by atoms with Gasteiger partial charge >= 0.3 is 5.97 Å². The lowest BCUT2D eigenvalue weighted by Crippen LogP contribution is -2.46. The smallest absolute Gasteiger partial charge is 0.326 e. The highest BCUT2D eigenvalue weighted by molar-refractivity contribution is 5.76. The zero-order chi connectivity index (χ0) is 12.0. The third kappa shape index (κ3) is 3.22. The maximum atomic E-state index is 11.3. The van der Waals surface area contributed by atoms with Crippen LogP contribution in [0.1, 0.15) is 45.4 Å². The van der Waals surface area contributed by atoms with E-state index in [9.17, 15) is 14.7 Å². The lowest BCUT2D eigenvalue weighted by Gasteiger charge is -2.33. The summed E-state index contributed by atoms with van der Waals surface area (Å²) in [7, 11) is 0. The van der Waals surface area contributed by atoms with Gasteiger partial charge in [0.2, 0.25) is 6.41 Å². The summed E-state index contributed by atoms with van der Waals surface area (Å²) in [5, 5.41) is 9.25. The summed E-state index contributed by atoms with van der Waals surface area (Å²) in [4.78, 5) is 23.7. The fourth-order valence-electron chi connectivity index (χ4n) is 2.58. The first-order chi connectivity index (χ1) is 7.70. The Morgan fingerprint density at radius 1 is 1.44 bits per heavy atom. The molecule has 0 saturated heterocycles. The number of carbonyl (C=O) groups is 2. The Morgan fingerprint density at radius 2 is 2.06 bits per heavy atom. The molecule has 1 fully saturated rings. The molecule has 0 spiro atoms. The summed E-state index contributed by atoms with van der Waals surface area (Å²) in [6, 6.07) is -0.613. The SMILES string of the molecule is CCCN(C=O)C(C(=O)O)C1CCCCC1. The molecule has 4 nitrogen and oxygen atoms in total. The molecule has 0 heterocycles. The maximum Gasteiger partial charge on any atom is 0.326 e. The zero-order valence-corrected chi connectivity index (χ0v) is 9.89. The number of hydrogen-bond donors (Lipinski definition) is 1. The van der Waals surface area contributed by atoms with E-state index >= 15 is 0 Å². The Hall–Kier alpha value is -1.06. The van der Waals surface area contributed by atoms with Crippen LogP contribution < -0.4 is 0 Å². The minimum Gasteiger partial charge on any atom is -0.480 e. The number of rotatable bonds is 6. The van der Waals surface area contributed by atoms with Crippen LogP contribution in [0.4, 0.5) is 0 Å². The molecule has 1 aliphatic rings. The number of hydrogen-bond acceptors (Lipinski definition) is 2. The second-order valence-corrected chi connectivity index (χ2v) is 4.52. The molecular weight excluding hydrogens is 206 g/mol. The highest BCUT2D eigenvalue weighted by atomic mass is 16.4. The second-order valence-electron chi connectivity index (χ2n) is 4.52.